The van der Waals surface area contributed by atoms with E-state index in [1.807, 2.05) is 0 Å². The standard InChI is InChI=1S/C11H22N2O2/c1-2-9(7-12)6-11(15)13-5-3-4-10(14)8-13/h9-10,14H,2-8,12H2,1H3/t9?,10-/m0/s1. The fourth-order valence-corrected chi connectivity index (χ4v) is 1.95. The summed E-state index contributed by atoms with van der Waals surface area (Å²) in [5.41, 5.74) is 5.57. The molecule has 1 aliphatic rings. The van der Waals surface area contributed by atoms with Gasteiger partial charge in [0.1, 0.15) is 0 Å². The second-order valence-corrected chi connectivity index (χ2v) is 4.35. The highest BCUT2D eigenvalue weighted by atomic mass is 16.3. The second kappa shape index (κ2) is 6.08. The van der Waals surface area contributed by atoms with Crippen LogP contribution in [0, 0.1) is 5.92 Å². The van der Waals surface area contributed by atoms with E-state index in [0.29, 0.717) is 19.5 Å². The molecular weight excluding hydrogens is 192 g/mol. The SMILES string of the molecule is CCC(CN)CC(=O)N1CCC[C@H](O)C1. The number of aliphatic hydroxyl groups is 1. The molecule has 15 heavy (non-hydrogen) atoms. The van der Waals surface area contributed by atoms with Crippen LogP contribution in [0.15, 0.2) is 0 Å². The van der Waals surface area contributed by atoms with Gasteiger partial charge in [-0.2, -0.15) is 0 Å². The quantitative estimate of drug-likeness (QED) is 0.709. The molecule has 0 aromatic rings. The van der Waals surface area contributed by atoms with Crippen LogP contribution in [0.5, 0.6) is 0 Å². The Kier molecular flexibility index (Phi) is 5.05. The molecule has 1 amide bonds. The maximum absolute atomic E-state index is 11.8. The van der Waals surface area contributed by atoms with E-state index in [1.165, 1.54) is 0 Å². The highest BCUT2D eigenvalue weighted by molar-refractivity contribution is 5.76. The molecule has 0 radical (unpaired) electrons. The van der Waals surface area contributed by atoms with Gasteiger partial charge in [0, 0.05) is 19.5 Å². The number of carbonyl (C=O) groups excluding carboxylic acids is 1. The predicted octanol–water partition coefficient (Wildman–Crippen LogP) is 0.345. The molecule has 0 bridgehead atoms. The van der Waals surface area contributed by atoms with E-state index in [1.54, 1.807) is 4.90 Å². The van der Waals surface area contributed by atoms with Gasteiger partial charge in [-0.1, -0.05) is 13.3 Å². The van der Waals surface area contributed by atoms with Gasteiger partial charge in [-0.05, 0) is 25.3 Å². The van der Waals surface area contributed by atoms with E-state index in [9.17, 15) is 9.90 Å². The van der Waals surface area contributed by atoms with Crippen LogP contribution in [0.1, 0.15) is 32.6 Å². The van der Waals surface area contributed by atoms with Gasteiger partial charge in [0.15, 0.2) is 0 Å². The lowest BCUT2D eigenvalue weighted by molar-refractivity contribution is -0.135. The van der Waals surface area contributed by atoms with Crippen LogP contribution in [-0.2, 0) is 4.79 Å². The number of carbonyl (C=O) groups is 1. The summed E-state index contributed by atoms with van der Waals surface area (Å²) >= 11 is 0. The molecule has 1 heterocycles. The Balaban J connectivity index is 2.38. The third-order valence-electron chi connectivity index (χ3n) is 3.12. The minimum Gasteiger partial charge on any atom is -0.391 e. The fourth-order valence-electron chi connectivity index (χ4n) is 1.95. The zero-order valence-electron chi connectivity index (χ0n) is 9.48. The van der Waals surface area contributed by atoms with Crippen molar-refractivity contribution in [3.8, 4) is 0 Å². The number of rotatable bonds is 4. The molecule has 1 saturated heterocycles. The van der Waals surface area contributed by atoms with Gasteiger partial charge >= 0.3 is 0 Å². The van der Waals surface area contributed by atoms with E-state index in [2.05, 4.69) is 6.92 Å². The molecule has 0 spiro atoms. The number of likely N-dealkylation sites (tertiary alicyclic amines) is 1. The molecule has 0 saturated carbocycles. The van der Waals surface area contributed by atoms with Crippen molar-refractivity contribution < 1.29 is 9.90 Å². The lowest BCUT2D eigenvalue weighted by Crippen LogP contribution is -2.43. The van der Waals surface area contributed by atoms with Gasteiger partial charge in [-0.25, -0.2) is 0 Å². The van der Waals surface area contributed by atoms with Gasteiger partial charge < -0.3 is 15.7 Å². The van der Waals surface area contributed by atoms with Crippen molar-refractivity contribution in [2.24, 2.45) is 11.7 Å². The average molecular weight is 214 g/mol. The Morgan fingerprint density at radius 3 is 2.93 bits per heavy atom. The minimum absolute atomic E-state index is 0.144. The topological polar surface area (TPSA) is 66.6 Å². The molecule has 4 heteroatoms. The summed E-state index contributed by atoms with van der Waals surface area (Å²) in [5, 5.41) is 9.46. The fraction of sp³-hybridized carbons (Fsp3) is 0.909. The zero-order chi connectivity index (χ0) is 11.3. The van der Waals surface area contributed by atoms with Gasteiger partial charge in [0.25, 0.3) is 0 Å². The first kappa shape index (κ1) is 12.5. The number of aliphatic hydroxyl groups excluding tert-OH is 1. The van der Waals surface area contributed by atoms with Crippen molar-refractivity contribution in [3.63, 3.8) is 0 Å². The second-order valence-electron chi connectivity index (χ2n) is 4.35. The van der Waals surface area contributed by atoms with Gasteiger partial charge in [-0.15, -0.1) is 0 Å². The van der Waals surface area contributed by atoms with E-state index >= 15 is 0 Å². The van der Waals surface area contributed by atoms with Crippen molar-refractivity contribution in [3.05, 3.63) is 0 Å². The normalized spacial score (nSPS) is 23.9. The van der Waals surface area contributed by atoms with Gasteiger partial charge in [-0.3, -0.25) is 4.79 Å². The number of nitrogens with two attached hydrogens (primary N) is 1. The van der Waals surface area contributed by atoms with Crippen LogP contribution in [0.2, 0.25) is 0 Å². The van der Waals surface area contributed by atoms with Crippen LogP contribution in [0.25, 0.3) is 0 Å². The van der Waals surface area contributed by atoms with Crippen LogP contribution in [-0.4, -0.2) is 41.7 Å². The minimum atomic E-state index is -0.333. The number of amides is 1. The summed E-state index contributed by atoms with van der Waals surface area (Å²) in [6.07, 6.45) is 2.86. The Morgan fingerprint density at radius 1 is 1.67 bits per heavy atom. The molecule has 3 N–H and O–H groups in total. The summed E-state index contributed by atoms with van der Waals surface area (Å²) < 4.78 is 0. The summed E-state index contributed by atoms with van der Waals surface area (Å²) in [7, 11) is 0. The highest BCUT2D eigenvalue weighted by Gasteiger charge is 2.23. The highest BCUT2D eigenvalue weighted by Crippen LogP contribution is 2.14. The van der Waals surface area contributed by atoms with Gasteiger partial charge in [0.2, 0.25) is 5.91 Å². The van der Waals surface area contributed by atoms with Crippen LogP contribution >= 0.6 is 0 Å². The first-order valence-corrected chi connectivity index (χ1v) is 5.83. The average Bonchev–Trinajstić information content (AvgIpc) is 2.25. The summed E-state index contributed by atoms with van der Waals surface area (Å²) in [6.45, 7) is 3.91. The molecule has 0 aromatic heterocycles. The molecule has 1 rings (SSSR count). The van der Waals surface area contributed by atoms with E-state index in [4.69, 9.17) is 5.73 Å². The third kappa shape index (κ3) is 3.80. The smallest absolute Gasteiger partial charge is 0.222 e. The molecule has 88 valence electrons. The van der Waals surface area contributed by atoms with E-state index in [-0.39, 0.29) is 17.9 Å². The number of hydrogen-bond donors (Lipinski definition) is 2. The van der Waals surface area contributed by atoms with E-state index in [0.717, 1.165) is 25.8 Å². The Hall–Kier alpha value is -0.610. The van der Waals surface area contributed by atoms with Crippen LogP contribution in [0.4, 0.5) is 0 Å². The van der Waals surface area contributed by atoms with Crippen molar-refractivity contribution in [2.45, 2.75) is 38.7 Å². The monoisotopic (exact) mass is 214 g/mol. The maximum Gasteiger partial charge on any atom is 0.222 e. The van der Waals surface area contributed by atoms with E-state index < -0.39 is 0 Å². The summed E-state index contributed by atoms with van der Waals surface area (Å²) in [4.78, 5) is 13.6. The number of hydrogen-bond acceptors (Lipinski definition) is 3. The molecule has 1 unspecified atom stereocenters. The largest absolute Gasteiger partial charge is 0.391 e. The third-order valence-corrected chi connectivity index (χ3v) is 3.12. The Morgan fingerprint density at radius 2 is 2.40 bits per heavy atom. The molecular formula is C11H22N2O2. The van der Waals surface area contributed by atoms with Crippen molar-refractivity contribution >= 4 is 5.91 Å². The molecule has 1 aliphatic heterocycles. The Labute approximate surface area is 91.4 Å². The molecule has 0 aromatic carbocycles. The number of piperidine rings is 1. The van der Waals surface area contributed by atoms with Crippen molar-refractivity contribution in [2.75, 3.05) is 19.6 Å². The molecule has 2 atom stereocenters. The maximum atomic E-state index is 11.8. The van der Waals surface area contributed by atoms with Crippen LogP contribution in [0.3, 0.4) is 0 Å². The lowest BCUT2D eigenvalue weighted by Gasteiger charge is -2.31. The first-order valence-electron chi connectivity index (χ1n) is 5.83. The predicted molar refractivity (Wildman–Crippen MR) is 59.3 cm³/mol. The first-order chi connectivity index (χ1) is 7.17. The lowest BCUT2D eigenvalue weighted by atomic mass is 10.0. The summed E-state index contributed by atoms with van der Waals surface area (Å²) in [5.74, 6) is 0.433. The van der Waals surface area contributed by atoms with Crippen LogP contribution < -0.4 is 5.73 Å². The number of β-amino-alcohol motifs (C(OH)–C–C–N with tert-alkyl or cyclic N) is 1. The molecule has 4 nitrogen and oxygen atoms in total. The Bertz CT molecular complexity index is 205. The van der Waals surface area contributed by atoms with Gasteiger partial charge in [0.05, 0.1) is 6.10 Å². The van der Waals surface area contributed by atoms with Crippen molar-refractivity contribution in [1.82, 2.24) is 4.90 Å². The zero-order valence-corrected chi connectivity index (χ0v) is 9.48. The molecule has 0 aliphatic carbocycles. The molecule has 1 fully saturated rings. The number of nitrogens with zero attached hydrogens (tertiary/aromatic N) is 1. The summed E-state index contributed by atoms with van der Waals surface area (Å²) in [6, 6.07) is 0. The van der Waals surface area contributed by atoms with Crippen molar-refractivity contribution in [1.29, 1.82) is 0 Å².